The molecular formula is C75H146O17P2. The first-order valence-electron chi connectivity index (χ1n) is 39.1. The minimum Gasteiger partial charge on any atom is -0.462 e. The Bertz CT molecular complexity index is 1810. The molecular weight excluding hydrogens is 1230 g/mol. The van der Waals surface area contributed by atoms with Gasteiger partial charge in [0.1, 0.15) is 19.3 Å². The third-order valence-corrected chi connectivity index (χ3v) is 19.4. The molecule has 0 heterocycles. The molecule has 0 aromatic rings. The Morgan fingerprint density at radius 2 is 0.489 bits per heavy atom. The molecule has 0 saturated heterocycles. The summed E-state index contributed by atoms with van der Waals surface area (Å²) in [5.41, 5.74) is 0. The molecule has 0 aliphatic heterocycles. The molecule has 5 atom stereocenters. The highest BCUT2D eigenvalue weighted by Gasteiger charge is 2.30. The summed E-state index contributed by atoms with van der Waals surface area (Å²) in [7, 11) is -9.90. The zero-order chi connectivity index (χ0) is 69.1. The predicted molar refractivity (Wildman–Crippen MR) is 382 cm³/mol. The molecule has 0 rings (SSSR count). The van der Waals surface area contributed by atoms with E-state index in [2.05, 4.69) is 34.6 Å². The van der Waals surface area contributed by atoms with Crippen molar-refractivity contribution in [2.45, 2.75) is 412 Å². The average Bonchev–Trinajstić information content (AvgIpc) is 1.25. The van der Waals surface area contributed by atoms with Gasteiger partial charge in [0.05, 0.1) is 26.4 Å². The highest BCUT2D eigenvalue weighted by Crippen LogP contribution is 2.45. The number of esters is 4. The van der Waals surface area contributed by atoms with Crippen molar-refractivity contribution >= 4 is 39.5 Å². The van der Waals surface area contributed by atoms with Gasteiger partial charge in [-0.2, -0.15) is 0 Å². The molecule has 0 aromatic heterocycles. The smallest absolute Gasteiger partial charge is 0.462 e. The molecule has 0 fully saturated rings. The zero-order valence-electron chi connectivity index (χ0n) is 61.1. The lowest BCUT2D eigenvalue weighted by molar-refractivity contribution is -0.161. The molecule has 2 unspecified atom stereocenters. The quantitative estimate of drug-likeness (QED) is 0.0222. The molecule has 19 heteroatoms. The molecule has 0 bridgehead atoms. The third kappa shape index (κ3) is 68.6. The number of aliphatic hydroxyl groups excluding tert-OH is 1. The van der Waals surface area contributed by atoms with Crippen LogP contribution in [0, 0.1) is 5.92 Å². The second-order valence-electron chi connectivity index (χ2n) is 27.5. The number of hydrogen-bond acceptors (Lipinski definition) is 15. The van der Waals surface area contributed by atoms with Crippen molar-refractivity contribution in [3.8, 4) is 0 Å². The van der Waals surface area contributed by atoms with E-state index in [1.807, 2.05) is 0 Å². The van der Waals surface area contributed by atoms with Crippen molar-refractivity contribution in [3.05, 3.63) is 0 Å². The Balaban J connectivity index is 5.12. The number of ether oxygens (including phenoxy) is 4. The van der Waals surface area contributed by atoms with Gasteiger partial charge < -0.3 is 33.8 Å². The number of carbonyl (C=O) groups excluding carboxylic acids is 4. The summed E-state index contributed by atoms with van der Waals surface area (Å²) in [5, 5.41) is 10.6. The van der Waals surface area contributed by atoms with E-state index in [1.165, 1.54) is 212 Å². The van der Waals surface area contributed by atoms with Crippen LogP contribution in [0.15, 0.2) is 0 Å². The van der Waals surface area contributed by atoms with E-state index < -0.39 is 97.5 Å². The van der Waals surface area contributed by atoms with Crippen molar-refractivity contribution < 1.29 is 80.2 Å². The summed E-state index contributed by atoms with van der Waals surface area (Å²) < 4.78 is 68.2. The number of aliphatic hydroxyl groups is 1. The van der Waals surface area contributed by atoms with Gasteiger partial charge >= 0.3 is 39.5 Å². The molecule has 0 spiro atoms. The molecule has 17 nitrogen and oxygen atoms in total. The molecule has 558 valence electrons. The van der Waals surface area contributed by atoms with Crippen LogP contribution < -0.4 is 0 Å². The topological polar surface area (TPSA) is 237 Å². The van der Waals surface area contributed by atoms with Gasteiger partial charge in [0, 0.05) is 25.7 Å². The molecule has 0 aromatic carbocycles. The Morgan fingerprint density at radius 1 is 0.287 bits per heavy atom. The van der Waals surface area contributed by atoms with Crippen molar-refractivity contribution in [1.82, 2.24) is 0 Å². The van der Waals surface area contributed by atoms with Crippen LogP contribution in [0.25, 0.3) is 0 Å². The fourth-order valence-corrected chi connectivity index (χ4v) is 13.1. The summed E-state index contributed by atoms with van der Waals surface area (Å²) in [6.45, 7) is 7.15. The van der Waals surface area contributed by atoms with E-state index in [0.717, 1.165) is 102 Å². The third-order valence-electron chi connectivity index (χ3n) is 17.5. The first-order valence-corrected chi connectivity index (χ1v) is 42.1. The first kappa shape index (κ1) is 92.1. The van der Waals surface area contributed by atoms with Crippen LogP contribution in [0.3, 0.4) is 0 Å². The summed E-state index contributed by atoms with van der Waals surface area (Å²) in [6.07, 6.45) is 57.5. The molecule has 0 aliphatic carbocycles. The van der Waals surface area contributed by atoms with Crippen molar-refractivity contribution in [2.24, 2.45) is 5.92 Å². The van der Waals surface area contributed by atoms with Gasteiger partial charge in [0.2, 0.25) is 0 Å². The van der Waals surface area contributed by atoms with E-state index in [-0.39, 0.29) is 25.7 Å². The fourth-order valence-electron chi connectivity index (χ4n) is 11.5. The van der Waals surface area contributed by atoms with Gasteiger partial charge in [-0.3, -0.25) is 37.3 Å². The highest BCUT2D eigenvalue weighted by molar-refractivity contribution is 7.47. The summed E-state index contributed by atoms with van der Waals surface area (Å²) in [4.78, 5) is 72.4. The molecule has 94 heavy (non-hydrogen) atoms. The number of phosphoric ester groups is 2. The summed E-state index contributed by atoms with van der Waals surface area (Å²) >= 11 is 0. The Morgan fingerprint density at radius 3 is 0.723 bits per heavy atom. The summed E-state index contributed by atoms with van der Waals surface area (Å²) in [5.74, 6) is -1.41. The van der Waals surface area contributed by atoms with E-state index in [0.29, 0.717) is 25.7 Å². The standard InChI is InChI=1S/C75H146O17P2/c1-6-9-12-15-17-19-21-23-25-27-28-29-30-32-34-36-38-40-45-50-55-60-74(79)92-71(65-86-73(78)59-54-49-44-39-37-35-33-31-26-24-22-20-18-16-13-10-7-2)67-90-94(83,84)88-63-69(76)62-87-93(81,82)89-66-70(64-85-72(77)58-53-47-14-11-8-3)91-75(80)61-56-51-46-42-41-43-48-52-57-68(4)5/h68-71,76H,6-67H2,1-5H3,(H,81,82)(H,83,84)/t69-,70+,71+/m0/s1. The largest absolute Gasteiger partial charge is 0.472 e. The molecule has 3 N–H and O–H groups in total. The van der Waals surface area contributed by atoms with Gasteiger partial charge in [0.15, 0.2) is 12.2 Å². The average molecular weight is 1380 g/mol. The summed E-state index contributed by atoms with van der Waals surface area (Å²) in [6, 6.07) is 0. The van der Waals surface area contributed by atoms with Crippen LogP contribution in [0.2, 0.25) is 0 Å². The second-order valence-corrected chi connectivity index (χ2v) is 30.4. The number of carbonyl (C=O) groups is 4. The van der Waals surface area contributed by atoms with Crippen molar-refractivity contribution in [3.63, 3.8) is 0 Å². The van der Waals surface area contributed by atoms with E-state index in [9.17, 15) is 43.2 Å². The van der Waals surface area contributed by atoms with Gasteiger partial charge in [-0.15, -0.1) is 0 Å². The van der Waals surface area contributed by atoms with Crippen LogP contribution in [0.5, 0.6) is 0 Å². The SMILES string of the molecule is CCCCCCCCCCCCCCCCCCCCCCCC(=O)O[C@H](COC(=O)CCCCCCCCCCCCCCCCCCC)COP(=O)(O)OC[C@@H](O)COP(=O)(O)OC[C@@H](COC(=O)CCCCCCC)OC(=O)CCCCCCCCCCC(C)C. The van der Waals surface area contributed by atoms with Gasteiger partial charge in [-0.25, -0.2) is 9.13 Å². The molecule has 0 saturated carbocycles. The Hall–Kier alpha value is -1.94. The van der Waals surface area contributed by atoms with E-state index >= 15 is 0 Å². The fraction of sp³-hybridized carbons (Fsp3) is 0.947. The van der Waals surface area contributed by atoms with Crippen molar-refractivity contribution in [2.75, 3.05) is 39.6 Å². The maximum absolute atomic E-state index is 13.1. The Labute approximate surface area is 575 Å². The lowest BCUT2D eigenvalue weighted by Crippen LogP contribution is -2.30. The number of phosphoric acid groups is 2. The Kier molecular flexibility index (Phi) is 66.8. The lowest BCUT2D eigenvalue weighted by atomic mass is 10.0. The first-order chi connectivity index (χ1) is 45.5. The van der Waals surface area contributed by atoms with Crippen LogP contribution >= 0.6 is 15.6 Å². The van der Waals surface area contributed by atoms with Crippen LogP contribution in [-0.4, -0.2) is 96.7 Å². The second kappa shape index (κ2) is 68.2. The zero-order valence-corrected chi connectivity index (χ0v) is 62.9. The minimum atomic E-state index is -4.95. The van der Waals surface area contributed by atoms with E-state index in [4.69, 9.17) is 37.0 Å². The van der Waals surface area contributed by atoms with Crippen LogP contribution in [0.1, 0.15) is 394 Å². The number of hydrogen-bond donors (Lipinski definition) is 3. The highest BCUT2D eigenvalue weighted by atomic mass is 31.2. The maximum Gasteiger partial charge on any atom is 0.472 e. The molecule has 0 radical (unpaired) electrons. The van der Waals surface area contributed by atoms with Crippen molar-refractivity contribution in [1.29, 1.82) is 0 Å². The minimum absolute atomic E-state index is 0.104. The monoisotopic (exact) mass is 1380 g/mol. The van der Waals surface area contributed by atoms with Gasteiger partial charge in [-0.1, -0.05) is 343 Å². The van der Waals surface area contributed by atoms with Gasteiger partial charge in [0.25, 0.3) is 0 Å². The molecule has 0 aliphatic rings. The normalized spacial score (nSPS) is 14.0. The molecule has 0 amide bonds. The predicted octanol–water partition coefficient (Wildman–Crippen LogP) is 22.1. The van der Waals surface area contributed by atoms with Crippen LogP contribution in [-0.2, 0) is 65.4 Å². The maximum atomic E-state index is 13.1. The van der Waals surface area contributed by atoms with Gasteiger partial charge in [-0.05, 0) is 31.6 Å². The van der Waals surface area contributed by atoms with Crippen LogP contribution in [0.4, 0.5) is 0 Å². The number of unbranched alkanes of at least 4 members (excludes halogenated alkanes) is 47. The van der Waals surface area contributed by atoms with E-state index in [1.54, 1.807) is 0 Å². The number of rotatable bonds is 75. The lowest BCUT2D eigenvalue weighted by Gasteiger charge is -2.21.